The minimum Gasteiger partial charge on any atom is -0.491 e. The van der Waals surface area contributed by atoms with Crippen LogP contribution in [0.3, 0.4) is 0 Å². The van der Waals surface area contributed by atoms with Crippen LogP contribution in [0, 0.1) is 6.92 Å². The molecule has 1 heterocycles. The second-order valence-corrected chi connectivity index (χ2v) is 5.53. The molecule has 5 nitrogen and oxygen atoms in total. The topological polar surface area (TPSA) is 73.9 Å². The summed E-state index contributed by atoms with van der Waals surface area (Å²) in [6, 6.07) is 5.62. The third-order valence-corrected chi connectivity index (χ3v) is 3.34. The van der Waals surface area contributed by atoms with Gasteiger partial charge >= 0.3 is 0 Å². The Labute approximate surface area is 119 Å². The highest BCUT2D eigenvalue weighted by atomic mass is 16.7. The van der Waals surface area contributed by atoms with E-state index in [1.165, 1.54) is 0 Å². The molecule has 1 aromatic rings. The molecule has 1 fully saturated rings. The van der Waals surface area contributed by atoms with Gasteiger partial charge in [0.15, 0.2) is 5.79 Å². The predicted octanol–water partition coefficient (Wildman–Crippen LogP) is 1.52. The molecule has 2 atom stereocenters. The van der Waals surface area contributed by atoms with Crippen LogP contribution in [-0.4, -0.2) is 36.8 Å². The van der Waals surface area contributed by atoms with Gasteiger partial charge in [0.25, 0.3) is 0 Å². The summed E-state index contributed by atoms with van der Waals surface area (Å²) in [5.41, 5.74) is 7.30. The van der Waals surface area contributed by atoms with Gasteiger partial charge in [-0.15, -0.1) is 0 Å². The van der Waals surface area contributed by atoms with E-state index in [0.29, 0.717) is 19.0 Å². The number of rotatable bonds is 5. The zero-order chi connectivity index (χ0) is 14.8. The Morgan fingerprint density at radius 1 is 1.50 bits per heavy atom. The van der Waals surface area contributed by atoms with Gasteiger partial charge in [-0.2, -0.15) is 0 Å². The van der Waals surface area contributed by atoms with Crippen molar-refractivity contribution < 1.29 is 19.3 Å². The highest BCUT2D eigenvalue weighted by molar-refractivity contribution is 5.36. The molecular formula is C15H23NO4. The first-order valence-electron chi connectivity index (χ1n) is 6.84. The van der Waals surface area contributed by atoms with Crippen LogP contribution in [0.25, 0.3) is 0 Å². The summed E-state index contributed by atoms with van der Waals surface area (Å²) in [6.07, 6.45) is -0.738. The van der Waals surface area contributed by atoms with Gasteiger partial charge in [0.1, 0.15) is 18.5 Å². The highest BCUT2D eigenvalue weighted by Crippen LogP contribution is 2.25. The van der Waals surface area contributed by atoms with Gasteiger partial charge in [-0.25, -0.2) is 0 Å². The lowest BCUT2D eigenvalue weighted by Gasteiger charge is -2.18. The van der Waals surface area contributed by atoms with Crippen molar-refractivity contribution >= 4 is 0 Å². The second kappa shape index (κ2) is 6.10. The molecule has 0 unspecified atom stereocenters. The molecule has 0 radical (unpaired) electrons. The smallest absolute Gasteiger partial charge is 0.163 e. The van der Waals surface area contributed by atoms with Gasteiger partial charge in [0.2, 0.25) is 0 Å². The number of hydrogen-bond acceptors (Lipinski definition) is 5. The number of hydrogen-bond donors (Lipinski definition) is 2. The summed E-state index contributed by atoms with van der Waals surface area (Å²) in [6.45, 7) is 6.84. The molecule has 20 heavy (non-hydrogen) atoms. The average molecular weight is 281 g/mol. The molecule has 0 aliphatic carbocycles. The van der Waals surface area contributed by atoms with Gasteiger partial charge in [-0.05, 0) is 44.0 Å². The highest BCUT2D eigenvalue weighted by Gasteiger charge is 2.32. The second-order valence-electron chi connectivity index (χ2n) is 5.53. The van der Waals surface area contributed by atoms with E-state index in [1.807, 2.05) is 39.0 Å². The van der Waals surface area contributed by atoms with Crippen molar-refractivity contribution in [2.75, 3.05) is 19.8 Å². The lowest BCUT2D eigenvalue weighted by molar-refractivity contribution is -0.141. The summed E-state index contributed by atoms with van der Waals surface area (Å²) >= 11 is 0. The van der Waals surface area contributed by atoms with Gasteiger partial charge in [-0.3, -0.25) is 0 Å². The summed E-state index contributed by atoms with van der Waals surface area (Å²) in [5, 5.41) is 9.86. The molecule has 0 amide bonds. The third-order valence-electron chi connectivity index (χ3n) is 3.34. The first-order valence-corrected chi connectivity index (χ1v) is 6.84. The lowest BCUT2D eigenvalue weighted by Crippen LogP contribution is -2.25. The number of nitrogens with two attached hydrogens (primary N) is 1. The van der Waals surface area contributed by atoms with E-state index in [9.17, 15) is 5.11 Å². The Balaban J connectivity index is 1.97. The van der Waals surface area contributed by atoms with Crippen molar-refractivity contribution in [1.29, 1.82) is 0 Å². The zero-order valence-electron chi connectivity index (χ0n) is 12.3. The summed E-state index contributed by atoms with van der Waals surface area (Å²) in [4.78, 5) is 0. The minimum atomic E-state index is -0.663. The van der Waals surface area contributed by atoms with E-state index >= 15 is 0 Å². The summed E-state index contributed by atoms with van der Waals surface area (Å²) < 4.78 is 16.9. The number of aliphatic hydroxyl groups excluding tert-OH is 1. The van der Waals surface area contributed by atoms with E-state index in [2.05, 4.69) is 0 Å². The maximum absolute atomic E-state index is 9.86. The van der Waals surface area contributed by atoms with Crippen molar-refractivity contribution in [3.63, 3.8) is 0 Å². The molecule has 2 rings (SSSR count). The van der Waals surface area contributed by atoms with Crippen LogP contribution >= 0.6 is 0 Å². The van der Waals surface area contributed by atoms with Crippen LogP contribution in [0.5, 0.6) is 5.75 Å². The van der Waals surface area contributed by atoms with Crippen LogP contribution in [0.4, 0.5) is 0 Å². The standard InChI is InChI=1S/C15H23NO4/c1-10-4-5-11(6-13(10)14(17)7-16)18-8-12-9-19-15(2,3)20-12/h4-6,12,14,17H,7-9,16H2,1-3H3/t12-,14+/m0/s1. The van der Waals surface area contributed by atoms with E-state index in [4.69, 9.17) is 19.9 Å². The Hall–Kier alpha value is -1.14. The zero-order valence-corrected chi connectivity index (χ0v) is 12.3. The molecule has 0 saturated carbocycles. The van der Waals surface area contributed by atoms with Gasteiger partial charge < -0.3 is 25.1 Å². The van der Waals surface area contributed by atoms with Crippen LogP contribution in [0.15, 0.2) is 18.2 Å². The summed E-state index contributed by atoms with van der Waals surface area (Å²) in [5.74, 6) is 0.161. The average Bonchev–Trinajstić information content (AvgIpc) is 2.76. The normalized spacial score (nSPS) is 22.8. The third kappa shape index (κ3) is 3.70. The first kappa shape index (κ1) is 15.3. The molecule has 0 bridgehead atoms. The molecule has 112 valence electrons. The van der Waals surface area contributed by atoms with Crippen molar-refractivity contribution in [2.45, 2.75) is 38.8 Å². The molecular weight excluding hydrogens is 258 g/mol. The molecule has 1 saturated heterocycles. The molecule has 1 aliphatic heterocycles. The largest absolute Gasteiger partial charge is 0.491 e. The van der Waals surface area contributed by atoms with Gasteiger partial charge in [0.05, 0.1) is 12.7 Å². The Morgan fingerprint density at radius 2 is 2.25 bits per heavy atom. The van der Waals surface area contributed by atoms with E-state index in [0.717, 1.165) is 11.1 Å². The van der Waals surface area contributed by atoms with Crippen LogP contribution < -0.4 is 10.5 Å². The maximum Gasteiger partial charge on any atom is 0.163 e. The predicted molar refractivity (Wildman–Crippen MR) is 75.6 cm³/mol. The molecule has 1 aliphatic rings. The molecule has 3 N–H and O–H groups in total. The van der Waals surface area contributed by atoms with Crippen LogP contribution in [0.1, 0.15) is 31.1 Å². The molecule has 1 aromatic carbocycles. The quantitative estimate of drug-likeness (QED) is 0.856. The molecule has 0 aromatic heterocycles. The number of ether oxygens (including phenoxy) is 3. The SMILES string of the molecule is Cc1ccc(OC[C@H]2COC(C)(C)O2)cc1[C@H](O)CN. The van der Waals surface area contributed by atoms with Crippen molar-refractivity contribution in [1.82, 2.24) is 0 Å². The van der Waals surface area contributed by atoms with Crippen molar-refractivity contribution in [2.24, 2.45) is 5.73 Å². The fourth-order valence-corrected chi connectivity index (χ4v) is 2.23. The van der Waals surface area contributed by atoms with Gasteiger partial charge in [-0.1, -0.05) is 6.07 Å². The number of benzene rings is 1. The van der Waals surface area contributed by atoms with Gasteiger partial charge in [0, 0.05) is 6.54 Å². The van der Waals surface area contributed by atoms with E-state index < -0.39 is 11.9 Å². The Bertz CT molecular complexity index is 461. The fraction of sp³-hybridized carbons (Fsp3) is 0.600. The minimum absolute atomic E-state index is 0.0748. The lowest BCUT2D eigenvalue weighted by atomic mass is 10.0. The van der Waals surface area contributed by atoms with Crippen molar-refractivity contribution in [3.8, 4) is 5.75 Å². The Kier molecular flexibility index (Phi) is 4.65. The number of aliphatic hydroxyl groups is 1. The van der Waals surface area contributed by atoms with Crippen LogP contribution in [0.2, 0.25) is 0 Å². The van der Waals surface area contributed by atoms with Crippen molar-refractivity contribution in [3.05, 3.63) is 29.3 Å². The first-order chi connectivity index (χ1) is 9.41. The summed E-state index contributed by atoms with van der Waals surface area (Å²) in [7, 11) is 0. The monoisotopic (exact) mass is 281 g/mol. The number of aryl methyl sites for hydroxylation is 1. The van der Waals surface area contributed by atoms with Crippen LogP contribution in [-0.2, 0) is 9.47 Å². The Morgan fingerprint density at radius 3 is 2.85 bits per heavy atom. The molecule has 5 heteroatoms. The van der Waals surface area contributed by atoms with E-state index in [-0.39, 0.29) is 12.6 Å². The molecule has 0 spiro atoms. The fourth-order valence-electron chi connectivity index (χ4n) is 2.23. The van der Waals surface area contributed by atoms with E-state index in [1.54, 1.807) is 0 Å². The maximum atomic E-state index is 9.86.